The van der Waals surface area contributed by atoms with Crippen LogP contribution in [0.15, 0.2) is 18.2 Å². The number of esters is 1. The molecule has 0 aliphatic rings. The number of nitrogens with one attached hydrogen (secondary N) is 1. The number of aromatic nitrogens is 1. The fourth-order valence-electron chi connectivity index (χ4n) is 2.11. The predicted molar refractivity (Wildman–Crippen MR) is 79.7 cm³/mol. The molecule has 6 nitrogen and oxygen atoms in total. The van der Waals surface area contributed by atoms with E-state index in [9.17, 15) is 9.59 Å². The van der Waals surface area contributed by atoms with E-state index in [0.717, 1.165) is 0 Å². The number of ether oxygens (including phenoxy) is 1. The summed E-state index contributed by atoms with van der Waals surface area (Å²) in [5.41, 5.74) is 0.803. The summed E-state index contributed by atoms with van der Waals surface area (Å²) in [5, 5.41) is 3.67. The second-order valence-electron chi connectivity index (χ2n) is 4.26. The van der Waals surface area contributed by atoms with Crippen molar-refractivity contribution < 1.29 is 19.2 Å². The fourth-order valence-corrected chi connectivity index (χ4v) is 2.28. The zero-order chi connectivity index (χ0) is 15.6. The van der Waals surface area contributed by atoms with Gasteiger partial charge in [0.1, 0.15) is 12.7 Å². The number of benzene rings is 1. The lowest BCUT2D eigenvalue weighted by Gasteiger charge is -2.09. The van der Waals surface area contributed by atoms with Gasteiger partial charge < -0.3 is 14.9 Å². The Labute approximate surface area is 126 Å². The van der Waals surface area contributed by atoms with Crippen molar-refractivity contribution in [3.63, 3.8) is 0 Å². The third-order valence-electron chi connectivity index (χ3n) is 2.84. The first-order valence-corrected chi connectivity index (χ1v) is 6.70. The molecule has 1 N–H and O–H groups in total. The van der Waals surface area contributed by atoms with Gasteiger partial charge in [0.05, 0.1) is 12.1 Å². The molecule has 0 saturated heterocycles. The summed E-state index contributed by atoms with van der Waals surface area (Å²) in [7, 11) is 1.43. The first kappa shape index (κ1) is 15.2. The molecule has 1 aromatic heterocycles. The van der Waals surface area contributed by atoms with Crippen molar-refractivity contribution in [1.29, 1.82) is 0 Å². The summed E-state index contributed by atoms with van der Waals surface area (Å²) >= 11 is 5.98. The van der Waals surface area contributed by atoms with Crippen molar-refractivity contribution in [2.45, 2.75) is 13.8 Å². The maximum absolute atomic E-state index is 12.2. The molecule has 112 valence electrons. The standard InChI is InChI=1S/C14H15ClN2O4/c1-4-21-14(19)12-10-6-5-9(15)7-11(10)17(20-3)13(12)16-8(2)18/h5-7H,4H2,1-3H3,(H,16,18). The van der Waals surface area contributed by atoms with Crippen LogP contribution in [0.25, 0.3) is 10.9 Å². The largest absolute Gasteiger partial charge is 0.462 e. The molecule has 2 aromatic rings. The summed E-state index contributed by atoms with van der Waals surface area (Å²) in [6, 6.07) is 4.99. The highest BCUT2D eigenvalue weighted by Gasteiger charge is 2.25. The highest BCUT2D eigenvalue weighted by Crippen LogP contribution is 2.32. The Morgan fingerprint density at radius 3 is 2.67 bits per heavy atom. The molecule has 0 unspecified atom stereocenters. The number of halogens is 1. The minimum absolute atomic E-state index is 0.223. The van der Waals surface area contributed by atoms with E-state index in [1.165, 1.54) is 18.8 Å². The number of rotatable bonds is 4. The predicted octanol–water partition coefficient (Wildman–Crippen LogP) is 2.49. The average molecular weight is 311 g/mol. The van der Waals surface area contributed by atoms with Gasteiger partial charge in [0.15, 0.2) is 5.82 Å². The molecule has 0 radical (unpaired) electrons. The number of anilines is 1. The Morgan fingerprint density at radius 1 is 1.38 bits per heavy atom. The molecule has 7 heteroatoms. The van der Waals surface area contributed by atoms with E-state index in [1.807, 2.05) is 0 Å². The van der Waals surface area contributed by atoms with E-state index in [2.05, 4.69) is 5.32 Å². The Hall–Kier alpha value is -2.21. The van der Waals surface area contributed by atoms with Gasteiger partial charge in [0, 0.05) is 17.3 Å². The van der Waals surface area contributed by atoms with Crippen LogP contribution in [0.2, 0.25) is 5.02 Å². The van der Waals surface area contributed by atoms with Crippen LogP contribution in [0, 0.1) is 0 Å². The fraction of sp³-hybridized carbons (Fsp3) is 0.286. The van der Waals surface area contributed by atoms with E-state index >= 15 is 0 Å². The zero-order valence-corrected chi connectivity index (χ0v) is 12.7. The highest BCUT2D eigenvalue weighted by molar-refractivity contribution is 6.31. The van der Waals surface area contributed by atoms with Crippen LogP contribution in [0.4, 0.5) is 5.82 Å². The van der Waals surface area contributed by atoms with Crippen LogP contribution in [0.1, 0.15) is 24.2 Å². The van der Waals surface area contributed by atoms with Crippen LogP contribution in [0.5, 0.6) is 0 Å². The summed E-state index contributed by atoms with van der Waals surface area (Å²) in [5.74, 6) is -0.641. The Bertz CT molecular complexity index is 709. The lowest BCUT2D eigenvalue weighted by molar-refractivity contribution is -0.114. The lowest BCUT2D eigenvalue weighted by Crippen LogP contribution is -2.17. The van der Waals surface area contributed by atoms with Gasteiger partial charge in [-0.15, -0.1) is 0 Å². The van der Waals surface area contributed by atoms with Crippen LogP contribution in [-0.4, -0.2) is 30.3 Å². The second-order valence-corrected chi connectivity index (χ2v) is 4.70. The molecule has 0 fully saturated rings. The summed E-state index contributed by atoms with van der Waals surface area (Å²) in [6.45, 7) is 3.29. The number of fused-ring (bicyclic) bond motifs is 1. The van der Waals surface area contributed by atoms with Crippen molar-refractivity contribution in [3.05, 3.63) is 28.8 Å². The minimum atomic E-state index is -0.538. The van der Waals surface area contributed by atoms with Gasteiger partial charge in [0.2, 0.25) is 5.91 Å². The molecule has 0 spiro atoms. The topological polar surface area (TPSA) is 69.6 Å². The number of amides is 1. The summed E-state index contributed by atoms with van der Waals surface area (Å²) < 4.78 is 6.40. The van der Waals surface area contributed by atoms with Gasteiger partial charge in [-0.05, 0) is 19.1 Å². The quantitative estimate of drug-likeness (QED) is 0.881. The lowest BCUT2D eigenvalue weighted by atomic mass is 10.1. The minimum Gasteiger partial charge on any atom is -0.462 e. The van der Waals surface area contributed by atoms with Gasteiger partial charge in [0.25, 0.3) is 0 Å². The monoisotopic (exact) mass is 310 g/mol. The highest BCUT2D eigenvalue weighted by atomic mass is 35.5. The number of hydrogen-bond acceptors (Lipinski definition) is 4. The molecule has 21 heavy (non-hydrogen) atoms. The van der Waals surface area contributed by atoms with Gasteiger partial charge in [-0.3, -0.25) is 4.79 Å². The van der Waals surface area contributed by atoms with Gasteiger partial charge in [-0.1, -0.05) is 17.7 Å². The van der Waals surface area contributed by atoms with E-state index in [-0.39, 0.29) is 23.9 Å². The molecule has 0 atom stereocenters. The first-order chi connectivity index (χ1) is 9.99. The molecule has 0 aliphatic heterocycles. The molecule has 2 rings (SSSR count). The molecule has 0 aliphatic carbocycles. The van der Waals surface area contributed by atoms with Crippen molar-refractivity contribution in [2.75, 3.05) is 19.0 Å². The summed E-state index contributed by atoms with van der Waals surface area (Å²) in [4.78, 5) is 28.9. The van der Waals surface area contributed by atoms with Crippen molar-refractivity contribution in [1.82, 2.24) is 4.73 Å². The molecule has 1 heterocycles. The van der Waals surface area contributed by atoms with E-state index < -0.39 is 5.97 Å². The maximum Gasteiger partial charge on any atom is 0.342 e. The number of nitrogens with zero attached hydrogens (tertiary/aromatic N) is 1. The molecule has 1 aromatic carbocycles. The van der Waals surface area contributed by atoms with Crippen molar-refractivity contribution >= 4 is 40.2 Å². The molecule has 1 amide bonds. The maximum atomic E-state index is 12.2. The van der Waals surface area contributed by atoms with Crippen molar-refractivity contribution in [3.8, 4) is 0 Å². The smallest absolute Gasteiger partial charge is 0.342 e. The van der Waals surface area contributed by atoms with Crippen molar-refractivity contribution in [2.24, 2.45) is 0 Å². The Kier molecular flexibility index (Phi) is 4.37. The number of hydrogen-bond donors (Lipinski definition) is 1. The van der Waals surface area contributed by atoms with Gasteiger partial charge in [-0.25, -0.2) is 4.79 Å². The Morgan fingerprint density at radius 2 is 2.10 bits per heavy atom. The van der Waals surface area contributed by atoms with Crippen LogP contribution in [-0.2, 0) is 9.53 Å². The molecule has 0 saturated carbocycles. The van der Waals surface area contributed by atoms with E-state index in [1.54, 1.807) is 25.1 Å². The third kappa shape index (κ3) is 2.80. The van der Waals surface area contributed by atoms with Crippen LogP contribution >= 0.6 is 11.6 Å². The SMILES string of the molecule is CCOC(=O)c1c(NC(C)=O)n(OC)c2cc(Cl)ccc12. The van der Waals surface area contributed by atoms with E-state index in [0.29, 0.717) is 15.9 Å². The molecule has 0 bridgehead atoms. The van der Waals surface area contributed by atoms with Gasteiger partial charge >= 0.3 is 5.97 Å². The van der Waals surface area contributed by atoms with E-state index in [4.69, 9.17) is 21.2 Å². The third-order valence-corrected chi connectivity index (χ3v) is 3.08. The number of carbonyl (C=O) groups excluding carboxylic acids is 2. The zero-order valence-electron chi connectivity index (χ0n) is 11.9. The number of carbonyl (C=O) groups is 2. The average Bonchev–Trinajstić information content (AvgIpc) is 2.70. The normalized spacial score (nSPS) is 10.5. The summed E-state index contributed by atoms with van der Waals surface area (Å²) in [6.07, 6.45) is 0. The van der Waals surface area contributed by atoms with Crippen LogP contribution in [0.3, 0.4) is 0 Å². The van der Waals surface area contributed by atoms with Crippen LogP contribution < -0.4 is 10.2 Å². The van der Waals surface area contributed by atoms with Gasteiger partial charge in [-0.2, -0.15) is 4.73 Å². The Balaban J connectivity index is 2.77. The second kappa shape index (κ2) is 6.05. The first-order valence-electron chi connectivity index (χ1n) is 6.32. The molecular weight excluding hydrogens is 296 g/mol. The molecular formula is C14H15ClN2O4.